The topological polar surface area (TPSA) is 68.3 Å². The molecule has 0 spiro atoms. The van der Waals surface area contributed by atoms with Crippen LogP contribution in [0.25, 0.3) is 0 Å². The molecule has 0 fully saturated rings. The van der Waals surface area contributed by atoms with Gasteiger partial charge in [-0.15, -0.1) is 0 Å². The van der Waals surface area contributed by atoms with Crippen molar-refractivity contribution < 1.29 is 34.9 Å². The number of hydrogen-bond donors (Lipinski definition) is 0. The van der Waals surface area contributed by atoms with Gasteiger partial charge in [0.05, 0.1) is 0 Å². The van der Waals surface area contributed by atoms with Crippen LogP contribution in [0.2, 0.25) is 5.36 Å². The van der Waals surface area contributed by atoms with Crippen molar-refractivity contribution in [2.24, 2.45) is 0 Å². The van der Waals surface area contributed by atoms with Gasteiger partial charge in [0.25, 0.3) is 27.2 Å². The van der Waals surface area contributed by atoms with Gasteiger partial charge in [-0.05, 0) is 0 Å². The molecule has 0 aromatic carbocycles. The molecule has 0 aromatic rings. The molecule has 0 N–H and O–H groups in total. The van der Waals surface area contributed by atoms with Crippen LogP contribution in [0, 0.1) is 0 Å². The van der Waals surface area contributed by atoms with Crippen molar-refractivity contribution in [3.8, 4) is 0 Å². The summed E-state index contributed by atoms with van der Waals surface area (Å²) in [5.74, 6) is 0. The average molecular weight is 242 g/mol. The van der Waals surface area contributed by atoms with E-state index >= 15 is 0 Å². The maximum atomic E-state index is 7.50. The molecular weight excluding hydrogens is 231 g/mol. The molecule has 14 heavy (non-hydrogen) atoms. The Morgan fingerprint density at radius 2 is 1.07 bits per heavy atom. The fraction of sp³-hybridized carbons (Fsp3) is 0.556. The molecule has 0 rings (SSSR count). The molecule has 0 heterocycles. The van der Waals surface area contributed by atoms with Crippen LogP contribution in [0.5, 0.6) is 0 Å². The van der Waals surface area contributed by atoms with Gasteiger partial charge in [0.2, 0.25) is 0 Å². The summed E-state index contributed by atoms with van der Waals surface area (Å²) in [5.41, 5.74) is 0. The Labute approximate surface area is 94.0 Å². The van der Waals surface area contributed by atoms with Crippen LogP contribution in [0.3, 0.4) is 0 Å². The fourth-order valence-corrected chi connectivity index (χ4v) is 0.594. The second kappa shape index (κ2) is 150. The Morgan fingerprint density at radius 3 is 1.14 bits per heavy atom. The van der Waals surface area contributed by atoms with Gasteiger partial charge in [-0.25, -0.2) is 0 Å². The standard InChI is InChI=1S/C5H11.4CO.Co/c1-3-5-4-2;4*1-2;/h1,3-5H2,2H3;;;;;. The van der Waals surface area contributed by atoms with E-state index in [0.717, 1.165) is 5.36 Å². The SMILES string of the molecule is CCCC[CH2][Co].[C]=O.[C]=O.[C]=O.[C]=O. The summed E-state index contributed by atoms with van der Waals surface area (Å²) >= 11 is 4.10. The summed E-state index contributed by atoms with van der Waals surface area (Å²) < 4.78 is 0. The van der Waals surface area contributed by atoms with E-state index in [2.05, 4.69) is 49.8 Å². The van der Waals surface area contributed by atoms with Crippen LogP contribution in [0.1, 0.15) is 26.2 Å². The van der Waals surface area contributed by atoms with Gasteiger partial charge < -0.3 is 0 Å². The average Bonchev–Trinajstić information content (AvgIpc) is 2.36. The van der Waals surface area contributed by atoms with E-state index in [9.17, 15) is 0 Å². The molecule has 0 aliphatic heterocycles. The number of rotatable bonds is 3. The third kappa shape index (κ3) is 243. The Kier molecular flexibility index (Phi) is 313. The van der Waals surface area contributed by atoms with Crippen molar-refractivity contribution in [2.45, 2.75) is 31.5 Å². The number of carbonyl (C=O) groups excluding carboxylic acids is 4. The monoisotopic (exact) mass is 242 g/mol. The summed E-state index contributed by atoms with van der Waals surface area (Å²) in [5, 5.41) is 1.04. The Hall–Kier alpha value is -0.814. The Bertz CT molecular complexity index is 52.8. The van der Waals surface area contributed by atoms with Gasteiger partial charge in [0.1, 0.15) is 0 Å². The van der Waals surface area contributed by atoms with Gasteiger partial charge in [-0.2, -0.15) is 0 Å². The maximum absolute atomic E-state index is 7.50. The molecule has 0 bridgehead atoms. The van der Waals surface area contributed by atoms with Crippen molar-refractivity contribution in [3.05, 3.63) is 0 Å². The van der Waals surface area contributed by atoms with Crippen molar-refractivity contribution in [1.82, 2.24) is 0 Å². The predicted molar refractivity (Wildman–Crippen MR) is 47.1 cm³/mol. The zero-order valence-electron chi connectivity index (χ0n) is 7.79. The minimum Gasteiger partial charge on any atom is -0.281 e. The summed E-state index contributed by atoms with van der Waals surface area (Å²) in [4.78, 5) is 30.0. The van der Waals surface area contributed by atoms with E-state index in [1.807, 2.05) is 0 Å². The summed E-state index contributed by atoms with van der Waals surface area (Å²) in [6.45, 7) is 20.2. The fourth-order valence-electron chi connectivity index (χ4n) is 0.333. The minimum absolute atomic E-state index is 1.04. The zero-order chi connectivity index (χ0) is 12.8. The first-order valence-electron chi connectivity index (χ1n) is 3.26. The van der Waals surface area contributed by atoms with Crippen molar-refractivity contribution in [2.75, 3.05) is 0 Å². The van der Waals surface area contributed by atoms with Gasteiger partial charge in [-0.3, -0.25) is 19.2 Å². The normalized spacial score (nSPS) is 5.07. The molecule has 0 aliphatic rings. The second-order valence-electron chi connectivity index (χ2n) is 1.37. The van der Waals surface area contributed by atoms with Crippen LogP contribution >= 0.6 is 0 Å². The minimum atomic E-state index is 1.04. The van der Waals surface area contributed by atoms with Gasteiger partial charge in [-0.1, -0.05) is 0 Å². The molecule has 4 nitrogen and oxygen atoms in total. The molecule has 80 valence electrons. The van der Waals surface area contributed by atoms with Crippen LogP contribution < -0.4 is 0 Å². The number of unbranched alkanes of at least 4 members (excludes halogenated alkanes) is 2. The largest absolute Gasteiger partial charge is 0.281 e. The molecule has 0 amide bonds. The summed E-state index contributed by atoms with van der Waals surface area (Å²) in [6, 6.07) is 0. The molecule has 0 aliphatic carbocycles. The molecule has 0 saturated carbocycles. The van der Waals surface area contributed by atoms with Crippen LogP contribution in [-0.2, 0) is 34.9 Å². The van der Waals surface area contributed by atoms with Gasteiger partial charge >= 0.3 is 47.3 Å². The van der Waals surface area contributed by atoms with Crippen LogP contribution in [0.4, 0.5) is 0 Å². The second-order valence-corrected chi connectivity index (χ2v) is 1.89. The van der Waals surface area contributed by atoms with E-state index in [-0.39, 0.29) is 0 Å². The molecule has 5 heteroatoms. The van der Waals surface area contributed by atoms with E-state index < -0.39 is 0 Å². The van der Waals surface area contributed by atoms with E-state index in [4.69, 9.17) is 19.2 Å². The third-order valence-corrected chi connectivity index (χ3v) is 1.09. The van der Waals surface area contributed by atoms with E-state index in [1.54, 1.807) is 0 Å². The quantitative estimate of drug-likeness (QED) is 0.678. The van der Waals surface area contributed by atoms with Crippen molar-refractivity contribution in [1.29, 1.82) is 0 Å². The summed E-state index contributed by atoms with van der Waals surface area (Å²) in [7, 11) is 0. The van der Waals surface area contributed by atoms with E-state index in [0.29, 0.717) is 0 Å². The van der Waals surface area contributed by atoms with Gasteiger partial charge in [0.15, 0.2) is 0 Å². The van der Waals surface area contributed by atoms with Crippen molar-refractivity contribution >= 4 is 27.2 Å². The smallest absolute Gasteiger partial charge is 0.281 e. The number of hydrogen-bond acceptors (Lipinski definition) is 4. The van der Waals surface area contributed by atoms with Crippen LogP contribution in [0.15, 0.2) is 0 Å². The molecule has 0 unspecified atom stereocenters. The third-order valence-electron chi connectivity index (χ3n) is 0.721. The predicted octanol–water partition coefficient (Wildman–Crippen LogP) is 0.553. The van der Waals surface area contributed by atoms with Gasteiger partial charge in [0, 0.05) is 0 Å². The first-order valence-corrected chi connectivity index (χ1v) is 4.00. The molecular formula is C9H11CoO4. The molecule has 0 saturated heterocycles. The molecule has 8 radical (unpaired) electrons. The molecule has 0 aromatic heterocycles. The Balaban J connectivity index is -0.0000000287. The Morgan fingerprint density at radius 1 is 0.786 bits per heavy atom. The first kappa shape index (κ1) is 29.2. The zero-order valence-corrected chi connectivity index (χ0v) is 8.84. The molecule has 0 atom stereocenters. The first-order chi connectivity index (χ1) is 6.91. The van der Waals surface area contributed by atoms with Crippen LogP contribution in [-0.4, -0.2) is 27.2 Å². The summed E-state index contributed by atoms with van der Waals surface area (Å²) in [6.07, 6.45) is 3.91. The maximum Gasteiger partial charge on any atom is 0.281 e. The van der Waals surface area contributed by atoms with Crippen molar-refractivity contribution in [3.63, 3.8) is 0 Å². The van der Waals surface area contributed by atoms with E-state index in [1.165, 1.54) is 19.3 Å².